The summed E-state index contributed by atoms with van der Waals surface area (Å²) in [5.41, 5.74) is 7.50. The maximum Gasteiger partial charge on any atom is 0.252 e. The molecule has 0 atom stereocenters. The van der Waals surface area contributed by atoms with E-state index >= 15 is 0 Å². The van der Waals surface area contributed by atoms with Crippen LogP contribution in [0.25, 0.3) is 10.2 Å². The summed E-state index contributed by atoms with van der Waals surface area (Å²) < 4.78 is 1.55. The molecule has 3 aromatic heterocycles. The van der Waals surface area contributed by atoms with E-state index in [1.165, 1.54) is 29.6 Å². The summed E-state index contributed by atoms with van der Waals surface area (Å²) in [4.78, 5) is 15.3. The number of thiophene rings is 1. The molecule has 1 aliphatic carbocycles. The minimum Gasteiger partial charge on any atom is -0.383 e. The van der Waals surface area contributed by atoms with Gasteiger partial charge in [0.1, 0.15) is 29.6 Å². The number of nitrogen functional groups attached to an aromatic ring is 1. The van der Waals surface area contributed by atoms with Gasteiger partial charge in [0.25, 0.3) is 5.82 Å². The number of rotatable bonds is 2. The number of aromatic nitrogens is 5. The number of nitriles is 1. The predicted molar refractivity (Wildman–Crippen MR) is 82.3 cm³/mol. The Morgan fingerprint density at radius 3 is 3.00 bits per heavy atom. The molecule has 22 heavy (non-hydrogen) atoms. The Balaban J connectivity index is 1.75. The molecule has 0 aliphatic heterocycles. The average Bonchev–Trinajstić information content (AvgIpc) is 3.10. The summed E-state index contributed by atoms with van der Waals surface area (Å²) >= 11 is 1.72. The third-order valence-corrected chi connectivity index (χ3v) is 5.01. The van der Waals surface area contributed by atoms with E-state index in [2.05, 4.69) is 20.1 Å². The molecule has 0 saturated carbocycles. The van der Waals surface area contributed by atoms with Crippen LogP contribution >= 0.6 is 11.3 Å². The second-order valence-electron chi connectivity index (χ2n) is 5.29. The first-order valence-electron chi connectivity index (χ1n) is 7.11. The lowest BCUT2D eigenvalue weighted by molar-refractivity contribution is 0.655. The summed E-state index contributed by atoms with van der Waals surface area (Å²) in [7, 11) is 0. The van der Waals surface area contributed by atoms with Crippen molar-refractivity contribution in [1.82, 2.24) is 24.7 Å². The van der Waals surface area contributed by atoms with Crippen LogP contribution in [0.15, 0.2) is 6.33 Å². The summed E-state index contributed by atoms with van der Waals surface area (Å²) in [5, 5.41) is 13.8. The van der Waals surface area contributed by atoms with Crippen LogP contribution in [-0.2, 0) is 19.4 Å². The SMILES string of the molecule is N#Cc1ncn(Cc2nc(N)c3c4c(sc3n2)CCCC4)n1. The van der Waals surface area contributed by atoms with Gasteiger partial charge in [-0.3, -0.25) is 0 Å². The van der Waals surface area contributed by atoms with Gasteiger partial charge in [-0.15, -0.1) is 16.4 Å². The maximum absolute atomic E-state index is 8.76. The number of hydrogen-bond donors (Lipinski definition) is 1. The highest BCUT2D eigenvalue weighted by molar-refractivity contribution is 7.19. The third kappa shape index (κ3) is 2.10. The summed E-state index contributed by atoms with van der Waals surface area (Å²) in [6.45, 7) is 0.359. The Labute approximate surface area is 130 Å². The predicted octanol–water partition coefficient (Wildman–Crippen LogP) is 1.66. The van der Waals surface area contributed by atoms with Gasteiger partial charge in [0, 0.05) is 4.88 Å². The van der Waals surface area contributed by atoms with Crippen molar-refractivity contribution in [2.24, 2.45) is 0 Å². The zero-order valence-electron chi connectivity index (χ0n) is 11.8. The van der Waals surface area contributed by atoms with Gasteiger partial charge < -0.3 is 5.73 Å². The highest BCUT2D eigenvalue weighted by Crippen LogP contribution is 2.37. The van der Waals surface area contributed by atoms with Crippen molar-refractivity contribution in [2.75, 3.05) is 5.73 Å². The first-order chi connectivity index (χ1) is 10.7. The molecular weight excluding hydrogens is 298 g/mol. The zero-order chi connectivity index (χ0) is 15.1. The third-order valence-electron chi connectivity index (χ3n) is 3.83. The number of nitrogens with two attached hydrogens (primary N) is 1. The van der Waals surface area contributed by atoms with Gasteiger partial charge >= 0.3 is 0 Å². The van der Waals surface area contributed by atoms with Crippen LogP contribution in [0.4, 0.5) is 5.82 Å². The first-order valence-corrected chi connectivity index (χ1v) is 7.92. The van der Waals surface area contributed by atoms with Gasteiger partial charge in [-0.25, -0.2) is 19.6 Å². The maximum atomic E-state index is 8.76. The number of fused-ring (bicyclic) bond motifs is 3. The van der Waals surface area contributed by atoms with Crippen molar-refractivity contribution in [3.8, 4) is 6.07 Å². The molecule has 4 rings (SSSR count). The van der Waals surface area contributed by atoms with Crippen LogP contribution in [-0.4, -0.2) is 24.7 Å². The molecule has 0 fully saturated rings. The molecule has 0 unspecified atom stereocenters. The lowest BCUT2D eigenvalue weighted by Gasteiger charge is -2.10. The highest BCUT2D eigenvalue weighted by Gasteiger charge is 2.20. The summed E-state index contributed by atoms with van der Waals surface area (Å²) in [5.74, 6) is 1.28. The number of anilines is 1. The van der Waals surface area contributed by atoms with Crippen LogP contribution in [0, 0.1) is 11.3 Å². The standard InChI is InChI=1S/C14H13N7S/c15-5-10-17-7-21(20-10)6-11-18-13(16)12-8-3-1-2-4-9(8)22-14(12)19-11/h7H,1-4,6H2,(H2,16,18,19). The van der Waals surface area contributed by atoms with E-state index in [1.807, 2.05) is 6.07 Å². The molecule has 0 saturated heterocycles. The molecule has 8 heteroatoms. The molecule has 7 nitrogen and oxygen atoms in total. The average molecular weight is 311 g/mol. The van der Waals surface area contributed by atoms with Crippen LogP contribution in [0.2, 0.25) is 0 Å². The highest BCUT2D eigenvalue weighted by atomic mass is 32.1. The largest absolute Gasteiger partial charge is 0.383 e. The Morgan fingerprint density at radius 1 is 1.32 bits per heavy atom. The van der Waals surface area contributed by atoms with Crippen molar-refractivity contribution in [1.29, 1.82) is 5.26 Å². The molecule has 3 heterocycles. The van der Waals surface area contributed by atoms with E-state index in [1.54, 1.807) is 16.0 Å². The van der Waals surface area contributed by atoms with Crippen molar-refractivity contribution in [2.45, 2.75) is 32.2 Å². The van der Waals surface area contributed by atoms with Gasteiger partial charge in [0.15, 0.2) is 5.82 Å². The van der Waals surface area contributed by atoms with E-state index in [-0.39, 0.29) is 5.82 Å². The topological polar surface area (TPSA) is 106 Å². The zero-order valence-corrected chi connectivity index (χ0v) is 12.6. The van der Waals surface area contributed by atoms with Crippen molar-refractivity contribution >= 4 is 27.4 Å². The number of hydrogen-bond acceptors (Lipinski definition) is 7. The van der Waals surface area contributed by atoms with Gasteiger partial charge in [-0.2, -0.15) is 5.26 Å². The van der Waals surface area contributed by atoms with Crippen LogP contribution in [0.1, 0.15) is 34.9 Å². The van der Waals surface area contributed by atoms with E-state index in [9.17, 15) is 0 Å². The fourth-order valence-electron chi connectivity index (χ4n) is 2.87. The second-order valence-corrected chi connectivity index (χ2v) is 6.38. The molecule has 0 spiro atoms. The van der Waals surface area contributed by atoms with Gasteiger partial charge in [0.2, 0.25) is 0 Å². The van der Waals surface area contributed by atoms with Crippen molar-refractivity contribution in [3.63, 3.8) is 0 Å². The van der Waals surface area contributed by atoms with Crippen LogP contribution < -0.4 is 5.73 Å². The Bertz CT molecular complexity index is 902. The van der Waals surface area contributed by atoms with E-state index in [4.69, 9.17) is 11.0 Å². The molecule has 0 amide bonds. The minimum absolute atomic E-state index is 0.139. The smallest absolute Gasteiger partial charge is 0.252 e. The summed E-state index contributed by atoms with van der Waals surface area (Å²) in [6, 6.07) is 1.90. The van der Waals surface area contributed by atoms with Gasteiger partial charge in [-0.05, 0) is 31.2 Å². The molecule has 0 bridgehead atoms. The normalized spacial score (nSPS) is 14.0. The van der Waals surface area contributed by atoms with Crippen LogP contribution in [0.3, 0.4) is 0 Å². The Kier molecular flexibility index (Phi) is 3.01. The molecule has 3 aromatic rings. The molecule has 0 radical (unpaired) electrons. The van der Waals surface area contributed by atoms with Gasteiger partial charge in [-0.1, -0.05) is 0 Å². The van der Waals surface area contributed by atoms with Crippen molar-refractivity contribution in [3.05, 3.63) is 28.4 Å². The number of nitrogens with zero attached hydrogens (tertiary/aromatic N) is 6. The molecule has 0 aromatic carbocycles. The van der Waals surface area contributed by atoms with E-state index in [0.29, 0.717) is 18.2 Å². The van der Waals surface area contributed by atoms with Crippen LogP contribution in [0.5, 0.6) is 0 Å². The lowest BCUT2D eigenvalue weighted by Crippen LogP contribution is -2.07. The van der Waals surface area contributed by atoms with E-state index in [0.717, 1.165) is 23.1 Å². The molecule has 2 N–H and O–H groups in total. The first kappa shape index (κ1) is 13.2. The second kappa shape index (κ2) is 5.03. The molecule has 1 aliphatic rings. The van der Waals surface area contributed by atoms with Crippen molar-refractivity contribution < 1.29 is 0 Å². The lowest BCUT2D eigenvalue weighted by atomic mass is 9.97. The Morgan fingerprint density at radius 2 is 2.18 bits per heavy atom. The van der Waals surface area contributed by atoms with E-state index < -0.39 is 0 Å². The molecule has 110 valence electrons. The minimum atomic E-state index is 0.139. The summed E-state index contributed by atoms with van der Waals surface area (Å²) in [6.07, 6.45) is 6.12. The fourth-order valence-corrected chi connectivity index (χ4v) is 4.16. The monoisotopic (exact) mass is 311 g/mol. The number of aryl methyl sites for hydroxylation is 2. The Hall–Kier alpha value is -2.53. The fraction of sp³-hybridized carbons (Fsp3) is 0.357. The quantitative estimate of drug-likeness (QED) is 0.771. The van der Waals surface area contributed by atoms with Gasteiger partial charge in [0.05, 0.1) is 5.39 Å². The molecular formula is C14H13N7S.